The summed E-state index contributed by atoms with van der Waals surface area (Å²) in [5.41, 5.74) is 1.01. The molecule has 1 aromatic carbocycles. The number of thiophene rings is 1. The number of benzene rings is 1. The standard InChI is InChI=1S/C19H21ClN2O2S/c1-21(12-14-5-2-7-16(20)11-14)18(23)15-6-3-9-22(13-15)19(24)17-8-4-10-25-17/h2,4-5,7-8,10-11,15H,3,6,9,12-13H2,1H3. The van der Waals surface area contributed by atoms with E-state index in [0.717, 1.165) is 29.8 Å². The SMILES string of the molecule is CN(Cc1cccc(Cl)c1)C(=O)C1CCCN(C(=O)c2cccs2)C1. The molecule has 1 unspecified atom stereocenters. The molecule has 0 spiro atoms. The number of hydrogen-bond acceptors (Lipinski definition) is 3. The van der Waals surface area contributed by atoms with Crippen LogP contribution < -0.4 is 0 Å². The van der Waals surface area contributed by atoms with Crippen LogP contribution in [-0.2, 0) is 11.3 Å². The minimum Gasteiger partial charge on any atom is -0.341 e. The third-order valence-corrected chi connectivity index (χ3v) is 5.57. The van der Waals surface area contributed by atoms with E-state index in [2.05, 4.69) is 0 Å². The molecule has 0 N–H and O–H groups in total. The predicted molar refractivity (Wildman–Crippen MR) is 101 cm³/mol. The Morgan fingerprint density at radius 3 is 2.88 bits per heavy atom. The highest BCUT2D eigenvalue weighted by atomic mass is 35.5. The highest BCUT2D eigenvalue weighted by Gasteiger charge is 2.30. The van der Waals surface area contributed by atoms with E-state index < -0.39 is 0 Å². The van der Waals surface area contributed by atoms with Crippen molar-refractivity contribution in [3.63, 3.8) is 0 Å². The van der Waals surface area contributed by atoms with Crippen molar-refractivity contribution in [3.05, 3.63) is 57.2 Å². The fraction of sp³-hybridized carbons (Fsp3) is 0.368. The summed E-state index contributed by atoms with van der Waals surface area (Å²) in [6.45, 7) is 1.74. The van der Waals surface area contributed by atoms with Crippen molar-refractivity contribution < 1.29 is 9.59 Å². The minimum absolute atomic E-state index is 0.0324. The molecule has 2 aromatic rings. The summed E-state index contributed by atoms with van der Waals surface area (Å²) in [6.07, 6.45) is 1.69. The lowest BCUT2D eigenvalue weighted by Crippen LogP contribution is -2.45. The Kier molecular flexibility index (Phi) is 5.76. The first-order chi connectivity index (χ1) is 12.0. The average molecular weight is 377 g/mol. The summed E-state index contributed by atoms with van der Waals surface area (Å²) >= 11 is 7.46. The van der Waals surface area contributed by atoms with Crippen LogP contribution in [0.2, 0.25) is 5.02 Å². The van der Waals surface area contributed by atoms with Crippen LogP contribution in [0.1, 0.15) is 28.1 Å². The van der Waals surface area contributed by atoms with Gasteiger partial charge in [-0.2, -0.15) is 0 Å². The third kappa shape index (κ3) is 4.41. The molecule has 0 saturated carbocycles. The average Bonchev–Trinajstić information content (AvgIpc) is 3.15. The molecular weight excluding hydrogens is 356 g/mol. The maximum Gasteiger partial charge on any atom is 0.263 e. The zero-order chi connectivity index (χ0) is 17.8. The first-order valence-electron chi connectivity index (χ1n) is 8.37. The summed E-state index contributed by atoms with van der Waals surface area (Å²) in [5, 5.41) is 2.57. The molecule has 1 aliphatic rings. The lowest BCUT2D eigenvalue weighted by atomic mass is 9.96. The van der Waals surface area contributed by atoms with E-state index in [1.54, 1.807) is 4.90 Å². The normalized spacial score (nSPS) is 17.4. The largest absolute Gasteiger partial charge is 0.341 e. The van der Waals surface area contributed by atoms with Gasteiger partial charge in [-0.25, -0.2) is 0 Å². The van der Waals surface area contributed by atoms with Crippen LogP contribution in [0.5, 0.6) is 0 Å². The minimum atomic E-state index is -0.137. The van der Waals surface area contributed by atoms with Gasteiger partial charge in [-0.3, -0.25) is 9.59 Å². The van der Waals surface area contributed by atoms with Crippen molar-refractivity contribution in [2.75, 3.05) is 20.1 Å². The fourth-order valence-electron chi connectivity index (χ4n) is 3.22. The Bertz CT molecular complexity index is 748. The Morgan fingerprint density at radius 2 is 2.16 bits per heavy atom. The molecule has 0 aliphatic carbocycles. The summed E-state index contributed by atoms with van der Waals surface area (Å²) < 4.78 is 0. The van der Waals surface area contributed by atoms with Crippen molar-refractivity contribution in [1.29, 1.82) is 0 Å². The van der Waals surface area contributed by atoms with Gasteiger partial charge in [0.2, 0.25) is 5.91 Å². The zero-order valence-electron chi connectivity index (χ0n) is 14.2. The van der Waals surface area contributed by atoms with Crippen molar-refractivity contribution in [1.82, 2.24) is 9.80 Å². The summed E-state index contributed by atoms with van der Waals surface area (Å²) in [4.78, 5) is 29.6. The lowest BCUT2D eigenvalue weighted by molar-refractivity contribution is -0.136. The monoisotopic (exact) mass is 376 g/mol. The van der Waals surface area contributed by atoms with Gasteiger partial charge >= 0.3 is 0 Å². The second kappa shape index (κ2) is 8.02. The van der Waals surface area contributed by atoms with Gasteiger partial charge in [0.25, 0.3) is 5.91 Å². The highest BCUT2D eigenvalue weighted by molar-refractivity contribution is 7.12. The number of halogens is 1. The number of nitrogens with zero attached hydrogens (tertiary/aromatic N) is 2. The first kappa shape index (κ1) is 18.0. The van der Waals surface area contributed by atoms with E-state index in [0.29, 0.717) is 18.1 Å². The van der Waals surface area contributed by atoms with E-state index >= 15 is 0 Å². The van der Waals surface area contributed by atoms with Crippen LogP contribution in [0, 0.1) is 5.92 Å². The van der Waals surface area contributed by atoms with E-state index in [1.807, 2.05) is 53.7 Å². The number of carbonyl (C=O) groups excluding carboxylic acids is 2. The fourth-order valence-corrected chi connectivity index (χ4v) is 4.12. The second-order valence-corrected chi connectivity index (χ2v) is 7.78. The number of likely N-dealkylation sites (tertiary alicyclic amines) is 1. The van der Waals surface area contributed by atoms with E-state index in [4.69, 9.17) is 11.6 Å². The van der Waals surface area contributed by atoms with Crippen molar-refractivity contribution in [2.45, 2.75) is 19.4 Å². The molecule has 25 heavy (non-hydrogen) atoms. The van der Waals surface area contributed by atoms with E-state index in [1.165, 1.54) is 11.3 Å². The number of amides is 2. The molecule has 3 rings (SSSR count). The zero-order valence-corrected chi connectivity index (χ0v) is 15.7. The van der Waals surface area contributed by atoms with Gasteiger partial charge in [0.1, 0.15) is 0 Å². The molecular formula is C19H21ClN2O2S. The topological polar surface area (TPSA) is 40.6 Å². The predicted octanol–water partition coefficient (Wildman–Crippen LogP) is 3.91. The van der Waals surface area contributed by atoms with Crippen molar-refractivity contribution >= 4 is 34.8 Å². The Balaban J connectivity index is 1.62. The van der Waals surface area contributed by atoms with Gasteiger partial charge < -0.3 is 9.80 Å². The van der Waals surface area contributed by atoms with Crippen LogP contribution in [-0.4, -0.2) is 41.8 Å². The van der Waals surface area contributed by atoms with Crippen LogP contribution >= 0.6 is 22.9 Å². The molecule has 0 bridgehead atoms. The molecule has 2 amide bonds. The van der Waals surface area contributed by atoms with E-state index in [9.17, 15) is 9.59 Å². The molecule has 2 heterocycles. The molecule has 1 aliphatic heterocycles. The Morgan fingerprint density at radius 1 is 1.32 bits per heavy atom. The second-order valence-electron chi connectivity index (χ2n) is 6.39. The van der Waals surface area contributed by atoms with Crippen LogP contribution in [0.25, 0.3) is 0 Å². The van der Waals surface area contributed by atoms with Crippen molar-refractivity contribution in [3.8, 4) is 0 Å². The number of piperidine rings is 1. The molecule has 6 heteroatoms. The van der Waals surface area contributed by atoms with E-state index in [-0.39, 0.29) is 17.7 Å². The Hall–Kier alpha value is -1.85. The van der Waals surface area contributed by atoms with Gasteiger partial charge in [-0.05, 0) is 42.0 Å². The maximum absolute atomic E-state index is 12.8. The number of hydrogen-bond donors (Lipinski definition) is 0. The molecule has 1 saturated heterocycles. The molecule has 4 nitrogen and oxygen atoms in total. The van der Waals surface area contributed by atoms with Gasteiger partial charge in [0.15, 0.2) is 0 Å². The van der Waals surface area contributed by atoms with Crippen LogP contribution in [0.3, 0.4) is 0 Å². The summed E-state index contributed by atoms with van der Waals surface area (Å²) in [7, 11) is 1.81. The highest BCUT2D eigenvalue weighted by Crippen LogP contribution is 2.22. The molecule has 1 fully saturated rings. The van der Waals surface area contributed by atoms with Gasteiger partial charge in [0.05, 0.1) is 10.8 Å². The molecule has 1 aromatic heterocycles. The third-order valence-electron chi connectivity index (χ3n) is 4.47. The van der Waals surface area contributed by atoms with Crippen LogP contribution in [0.15, 0.2) is 41.8 Å². The number of carbonyl (C=O) groups is 2. The lowest BCUT2D eigenvalue weighted by Gasteiger charge is -2.33. The Labute approximate surface area is 157 Å². The van der Waals surface area contributed by atoms with Gasteiger partial charge in [-0.15, -0.1) is 11.3 Å². The quantitative estimate of drug-likeness (QED) is 0.811. The smallest absolute Gasteiger partial charge is 0.263 e. The van der Waals surface area contributed by atoms with Crippen molar-refractivity contribution in [2.24, 2.45) is 5.92 Å². The van der Waals surface area contributed by atoms with Gasteiger partial charge in [-0.1, -0.05) is 29.8 Å². The summed E-state index contributed by atoms with van der Waals surface area (Å²) in [6, 6.07) is 11.3. The number of rotatable bonds is 4. The van der Waals surface area contributed by atoms with Gasteiger partial charge in [0, 0.05) is 31.7 Å². The first-order valence-corrected chi connectivity index (χ1v) is 9.62. The van der Waals surface area contributed by atoms with Crippen LogP contribution in [0.4, 0.5) is 0 Å². The molecule has 1 atom stereocenters. The molecule has 0 radical (unpaired) electrons. The maximum atomic E-state index is 12.8. The molecule has 132 valence electrons. The summed E-state index contributed by atoms with van der Waals surface area (Å²) in [5.74, 6) is -0.0181.